The molecule has 2 aromatic rings. The van der Waals surface area contributed by atoms with Crippen LogP contribution in [0, 0.1) is 0 Å². The van der Waals surface area contributed by atoms with Crippen molar-refractivity contribution in [3.05, 3.63) is 59.7 Å². The van der Waals surface area contributed by atoms with E-state index in [-0.39, 0.29) is 0 Å². The second-order valence-electron chi connectivity index (χ2n) is 5.33. The van der Waals surface area contributed by atoms with Gasteiger partial charge in [-0.25, -0.2) is 0 Å². The highest BCUT2D eigenvalue weighted by atomic mass is 35.5. The van der Waals surface area contributed by atoms with Crippen LogP contribution in [-0.2, 0) is 5.60 Å². The first-order chi connectivity index (χ1) is 11.2. The van der Waals surface area contributed by atoms with Crippen LogP contribution >= 0.6 is 11.6 Å². The predicted molar refractivity (Wildman–Crippen MR) is 93.6 cm³/mol. The molecule has 0 amide bonds. The molecule has 0 radical (unpaired) electrons. The topological polar surface area (TPSA) is 38.7 Å². The molecule has 0 aliphatic rings. The number of hydrogen-bond donors (Lipinski definition) is 1. The summed E-state index contributed by atoms with van der Waals surface area (Å²) >= 11 is 5.64. The van der Waals surface area contributed by atoms with Crippen LogP contribution < -0.4 is 9.47 Å². The molecule has 23 heavy (non-hydrogen) atoms. The van der Waals surface area contributed by atoms with Gasteiger partial charge in [-0.3, -0.25) is 0 Å². The van der Waals surface area contributed by atoms with E-state index < -0.39 is 5.60 Å². The maximum Gasteiger partial charge on any atom is 0.125 e. The lowest BCUT2D eigenvalue weighted by Gasteiger charge is -2.29. The van der Waals surface area contributed by atoms with Crippen molar-refractivity contribution in [2.75, 3.05) is 19.6 Å². The number of aliphatic hydroxyl groups is 1. The SMILES string of the molecule is CCC(O)(c1ccc(OCCCCl)cc1)c1ccccc1OC. The average molecular weight is 335 g/mol. The van der Waals surface area contributed by atoms with Gasteiger partial charge in [0.05, 0.1) is 13.7 Å². The van der Waals surface area contributed by atoms with E-state index in [1.807, 2.05) is 55.5 Å². The molecule has 2 aromatic carbocycles. The summed E-state index contributed by atoms with van der Waals surface area (Å²) in [6.07, 6.45) is 1.35. The Hall–Kier alpha value is -1.71. The van der Waals surface area contributed by atoms with Crippen LogP contribution in [0.3, 0.4) is 0 Å². The fourth-order valence-corrected chi connectivity index (χ4v) is 2.72. The fraction of sp³-hybridized carbons (Fsp3) is 0.368. The molecule has 4 heteroatoms. The smallest absolute Gasteiger partial charge is 0.125 e. The van der Waals surface area contributed by atoms with Crippen molar-refractivity contribution < 1.29 is 14.6 Å². The number of hydrogen-bond acceptors (Lipinski definition) is 3. The van der Waals surface area contributed by atoms with E-state index in [1.54, 1.807) is 7.11 Å². The third-order valence-corrected chi connectivity index (χ3v) is 4.21. The van der Waals surface area contributed by atoms with Gasteiger partial charge in [0, 0.05) is 11.4 Å². The van der Waals surface area contributed by atoms with Crippen molar-refractivity contribution in [2.45, 2.75) is 25.4 Å². The Labute approximate surface area is 142 Å². The van der Waals surface area contributed by atoms with Crippen LogP contribution in [0.15, 0.2) is 48.5 Å². The Morgan fingerprint density at radius 3 is 2.39 bits per heavy atom. The van der Waals surface area contributed by atoms with Crippen molar-refractivity contribution in [2.24, 2.45) is 0 Å². The number of halogens is 1. The second-order valence-corrected chi connectivity index (χ2v) is 5.71. The van der Waals surface area contributed by atoms with Crippen molar-refractivity contribution in [1.29, 1.82) is 0 Å². The van der Waals surface area contributed by atoms with E-state index in [1.165, 1.54) is 0 Å². The lowest BCUT2D eigenvalue weighted by Crippen LogP contribution is -2.26. The largest absolute Gasteiger partial charge is 0.496 e. The first-order valence-electron chi connectivity index (χ1n) is 7.81. The molecule has 3 nitrogen and oxygen atoms in total. The Balaban J connectivity index is 2.29. The molecule has 0 bridgehead atoms. The van der Waals surface area contributed by atoms with E-state index in [2.05, 4.69) is 0 Å². The highest BCUT2D eigenvalue weighted by molar-refractivity contribution is 6.17. The summed E-state index contributed by atoms with van der Waals surface area (Å²) < 4.78 is 11.0. The molecular weight excluding hydrogens is 312 g/mol. The Kier molecular flexibility index (Phi) is 6.31. The van der Waals surface area contributed by atoms with Crippen molar-refractivity contribution in [3.8, 4) is 11.5 Å². The Morgan fingerprint density at radius 1 is 1.09 bits per heavy atom. The first-order valence-corrected chi connectivity index (χ1v) is 8.34. The third kappa shape index (κ3) is 3.98. The summed E-state index contributed by atoms with van der Waals surface area (Å²) in [5.74, 6) is 2.04. The Morgan fingerprint density at radius 2 is 1.78 bits per heavy atom. The van der Waals surface area contributed by atoms with Crippen LogP contribution in [0.2, 0.25) is 0 Å². The molecule has 1 unspecified atom stereocenters. The molecule has 0 spiro atoms. The number of para-hydroxylation sites is 1. The summed E-state index contributed by atoms with van der Waals surface area (Å²) in [4.78, 5) is 0. The van der Waals surface area contributed by atoms with Gasteiger partial charge in [-0.15, -0.1) is 11.6 Å². The Bertz CT molecular complexity index is 612. The van der Waals surface area contributed by atoms with Gasteiger partial charge in [0.15, 0.2) is 0 Å². The van der Waals surface area contributed by atoms with E-state index in [9.17, 15) is 5.11 Å². The first kappa shape index (κ1) is 17.6. The van der Waals surface area contributed by atoms with Gasteiger partial charge in [0.2, 0.25) is 0 Å². The maximum atomic E-state index is 11.2. The maximum absolute atomic E-state index is 11.2. The average Bonchev–Trinajstić information content (AvgIpc) is 2.62. The minimum absolute atomic E-state index is 0.541. The van der Waals surface area contributed by atoms with Crippen molar-refractivity contribution in [3.63, 3.8) is 0 Å². The minimum atomic E-state index is -1.10. The predicted octanol–water partition coefficient (Wildman–Crippen LogP) is 4.35. The fourth-order valence-electron chi connectivity index (χ4n) is 2.61. The molecule has 0 aromatic heterocycles. The zero-order valence-electron chi connectivity index (χ0n) is 13.6. The molecule has 124 valence electrons. The van der Waals surface area contributed by atoms with Crippen LogP contribution in [0.25, 0.3) is 0 Å². The molecule has 0 fully saturated rings. The second kappa shape index (κ2) is 8.23. The van der Waals surface area contributed by atoms with Crippen LogP contribution in [0.1, 0.15) is 30.9 Å². The highest BCUT2D eigenvalue weighted by Gasteiger charge is 2.32. The summed E-state index contributed by atoms with van der Waals surface area (Å²) in [6, 6.07) is 15.1. The summed E-state index contributed by atoms with van der Waals surface area (Å²) in [5, 5.41) is 11.2. The molecule has 0 saturated heterocycles. The monoisotopic (exact) mass is 334 g/mol. The summed E-state index contributed by atoms with van der Waals surface area (Å²) in [5.41, 5.74) is 0.483. The minimum Gasteiger partial charge on any atom is -0.496 e. The van der Waals surface area contributed by atoms with Gasteiger partial charge in [0.1, 0.15) is 17.1 Å². The molecule has 0 heterocycles. The molecule has 2 rings (SSSR count). The molecule has 1 N–H and O–H groups in total. The quantitative estimate of drug-likeness (QED) is 0.576. The van der Waals surface area contributed by atoms with E-state index in [0.29, 0.717) is 24.7 Å². The normalized spacial score (nSPS) is 13.4. The van der Waals surface area contributed by atoms with Gasteiger partial charge in [0.25, 0.3) is 0 Å². The third-order valence-electron chi connectivity index (χ3n) is 3.94. The van der Waals surface area contributed by atoms with Crippen molar-refractivity contribution >= 4 is 11.6 Å². The van der Waals surface area contributed by atoms with Crippen LogP contribution in [0.4, 0.5) is 0 Å². The number of ether oxygens (including phenoxy) is 2. The van der Waals surface area contributed by atoms with Gasteiger partial charge in [-0.2, -0.15) is 0 Å². The standard InChI is InChI=1S/C19H23ClO3/c1-3-19(21,17-7-4-5-8-18(17)22-2)15-9-11-16(12-10-15)23-14-6-13-20/h4-5,7-12,21H,3,6,13-14H2,1-2H3. The molecule has 1 atom stereocenters. The lowest BCUT2D eigenvalue weighted by molar-refractivity contribution is 0.0736. The molecule has 0 saturated carbocycles. The summed E-state index contributed by atoms with van der Waals surface area (Å²) in [6.45, 7) is 2.55. The number of rotatable bonds is 8. The highest BCUT2D eigenvalue weighted by Crippen LogP contribution is 2.38. The van der Waals surface area contributed by atoms with Crippen LogP contribution in [-0.4, -0.2) is 24.7 Å². The lowest BCUT2D eigenvalue weighted by atomic mass is 9.83. The van der Waals surface area contributed by atoms with Gasteiger partial charge in [-0.05, 0) is 36.6 Å². The zero-order valence-corrected chi connectivity index (χ0v) is 14.3. The van der Waals surface area contributed by atoms with Crippen molar-refractivity contribution in [1.82, 2.24) is 0 Å². The van der Waals surface area contributed by atoms with E-state index >= 15 is 0 Å². The summed E-state index contributed by atoms with van der Waals surface area (Å²) in [7, 11) is 1.61. The zero-order chi connectivity index (χ0) is 16.7. The van der Waals surface area contributed by atoms with Crippen LogP contribution in [0.5, 0.6) is 11.5 Å². The van der Waals surface area contributed by atoms with Gasteiger partial charge >= 0.3 is 0 Å². The molecular formula is C19H23ClO3. The van der Waals surface area contributed by atoms with Gasteiger partial charge in [-0.1, -0.05) is 37.3 Å². The number of benzene rings is 2. The number of alkyl halides is 1. The number of methoxy groups -OCH3 is 1. The van der Waals surface area contributed by atoms with E-state index in [0.717, 1.165) is 23.3 Å². The van der Waals surface area contributed by atoms with Gasteiger partial charge < -0.3 is 14.6 Å². The van der Waals surface area contributed by atoms with E-state index in [4.69, 9.17) is 21.1 Å². The molecule has 0 aliphatic carbocycles. The molecule has 0 aliphatic heterocycles.